The SMILES string of the molecule is c1cc2cc(Oc3ccc4ccc(OCC5CCNCC5)cc4n3)ccc2[nH]1. The minimum atomic E-state index is 0.581. The van der Waals surface area contributed by atoms with Crippen molar-refractivity contribution in [3.05, 3.63) is 60.8 Å². The number of aromatic nitrogens is 2. The Morgan fingerprint density at radius 2 is 1.75 bits per heavy atom. The van der Waals surface area contributed by atoms with Gasteiger partial charge in [0, 0.05) is 34.6 Å². The van der Waals surface area contributed by atoms with E-state index in [0.717, 1.165) is 53.0 Å². The van der Waals surface area contributed by atoms with Crippen LogP contribution in [0.25, 0.3) is 21.8 Å². The summed E-state index contributed by atoms with van der Waals surface area (Å²) in [6.45, 7) is 2.94. The highest BCUT2D eigenvalue weighted by Gasteiger charge is 2.13. The largest absolute Gasteiger partial charge is 0.493 e. The van der Waals surface area contributed by atoms with Crippen molar-refractivity contribution in [2.24, 2.45) is 5.92 Å². The Kier molecular flexibility index (Phi) is 4.59. The van der Waals surface area contributed by atoms with Gasteiger partial charge in [-0.05, 0) is 74.3 Å². The van der Waals surface area contributed by atoms with Crippen LogP contribution in [0.5, 0.6) is 17.4 Å². The van der Waals surface area contributed by atoms with E-state index >= 15 is 0 Å². The second-order valence-electron chi connectivity index (χ2n) is 7.34. The summed E-state index contributed by atoms with van der Waals surface area (Å²) in [6, 6.07) is 18.0. The van der Waals surface area contributed by atoms with Crippen molar-refractivity contribution in [1.82, 2.24) is 15.3 Å². The summed E-state index contributed by atoms with van der Waals surface area (Å²) in [5.74, 6) is 2.85. The average Bonchev–Trinajstić information content (AvgIpc) is 3.21. The Hall–Kier alpha value is -3.05. The molecule has 0 spiro atoms. The zero-order valence-electron chi connectivity index (χ0n) is 15.7. The van der Waals surface area contributed by atoms with Crippen LogP contribution in [0.3, 0.4) is 0 Å². The number of hydrogen-bond acceptors (Lipinski definition) is 4. The second kappa shape index (κ2) is 7.52. The van der Waals surface area contributed by atoms with Crippen molar-refractivity contribution in [2.45, 2.75) is 12.8 Å². The quantitative estimate of drug-likeness (QED) is 0.523. The second-order valence-corrected chi connectivity index (χ2v) is 7.34. The first kappa shape index (κ1) is 17.1. The summed E-state index contributed by atoms with van der Waals surface area (Å²) in [5.41, 5.74) is 1.97. The molecular formula is C23H23N3O2. The van der Waals surface area contributed by atoms with Crippen molar-refractivity contribution in [2.75, 3.05) is 19.7 Å². The maximum absolute atomic E-state index is 6.04. The Balaban J connectivity index is 1.33. The van der Waals surface area contributed by atoms with Gasteiger partial charge in [0.1, 0.15) is 11.5 Å². The van der Waals surface area contributed by atoms with E-state index in [4.69, 9.17) is 9.47 Å². The van der Waals surface area contributed by atoms with Crippen LogP contribution in [-0.4, -0.2) is 29.7 Å². The number of benzene rings is 2. The number of fused-ring (bicyclic) bond motifs is 2. The Morgan fingerprint density at radius 3 is 2.68 bits per heavy atom. The van der Waals surface area contributed by atoms with E-state index in [1.165, 1.54) is 12.8 Å². The average molecular weight is 373 g/mol. The summed E-state index contributed by atoms with van der Waals surface area (Å²) < 4.78 is 12.0. The molecule has 1 saturated heterocycles. The topological polar surface area (TPSA) is 59.2 Å². The van der Waals surface area contributed by atoms with Crippen molar-refractivity contribution < 1.29 is 9.47 Å². The first-order valence-electron chi connectivity index (χ1n) is 9.83. The van der Waals surface area contributed by atoms with Gasteiger partial charge in [-0.3, -0.25) is 0 Å². The van der Waals surface area contributed by atoms with Gasteiger partial charge in [-0.25, -0.2) is 4.98 Å². The van der Waals surface area contributed by atoms with Gasteiger partial charge in [0.2, 0.25) is 5.88 Å². The molecule has 5 rings (SSSR count). The Bertz CT molecular complexity index is 1100. The third-order valence-corrected chi connectivity index (χ3v) is 5.33. The number of H-pyrrole nitrogens is 1. The number of ether oxygens (including phenoxy) is 2. The van der Waals surface area contributed by atoms with Crippen LogP contribution >= 0.6 is 0 Å². The summed E-state index contributed by atoms with van der Waals surface area (Å²) in [4.78, 5) is 7.86. The molecule has 1 aliphatic heterocycles. The Labute approximate surface area is 163 Å². The van der Waals surface area contributed by atoms with Crippen LogP contribution in [0.15, 0.2) is 60.8 Å². The molecule has 2 aromatic heterocycles. The maximum atomic E-state index is 6.04. The smallest absolute Gasteiger partial charge is 0.219 e. The lowest BCUT2D eigenvalue weighted by molar-refractivity contribution is 0.215. The molecule has 5 nitrogen and oxygen atoms in total. The zero-order chi connectivity index (χ0) is 18.8. The van der Waals surface area contributed by atoms with Crippen molar-refractivity contribution in [1.29, 1.82) is 0 Å². The van der Waals surface area contributed by atoms with Crippen LogP contribution in [0.4, 0.5) is 0 Å². The third kappa shape index (κ3) is 3.66. The fourth-order valence-electron chi connectivity index (χ4n) is 3.70. The summed E-state index contributed by atoms with van der Waals surface area (Å²) in [7, 11) is 0. The number of hydrogen-bond donors (Lipinski definition) is 2. The first-order chi connectivity index (χ1) is 13.8. The lowest BCUT2D eigenvalue weighted by Gasteiger charge is -2.22. The van der Waals surface area contributed by atoms with Crippen LogP contribution < -0.4 is 14.8 Å². The van der Waals surface area contributed by atoms with E-state index in [9.17, 15) is 0 Å². The molecule has 1 fully saturated rings. The fourth-order valence-corrected chi connectivity index (χ4v) is 3.70. The standard InChI is InChI=1S/C23H23N3O2/c1-3-19(27-15-16-7-10-24-11-8-16)14-22-17(1)2-6-23(26-22)28-20-4-5-21-18(13-20)9-12-25-21/h1-6,9,12-14,16,24-25H,7-8,10-11,15H2. The summed E-state index contributed by atoms with van der Waals surface area (Å²) >= 11 is 0. The van der Waals surface area contributed by atoms with Crippen molar-refractivity contribution >= 4 is 21.8 Å². The normalized spacial score (nSPS) is 15.1. The van der Waals surface area contributed by atoms with Gasteiger partial charge in [-0.1, -0.05) is 0 Å². The zero-order valence-corrected chi connectivity index (χ0v) is 15.7. The van der Waals surface area contributed by atoms with Gasteiger partial charge >= 0.3 is 0 Å². The van der Waals surface area contributed by atoms with Gasteiger partial charge < -0.3 is 19.8 Å². The lowest BCUT2D eigenvalue weighted by Crippen LogP contribution is -2.30. The van der Waals surface area contributed by atoms with Gasteiger partial charge in [0.05, 0.1) is 12.1 Å². The number of piperidine rings is 1. The molecule has 1 aliphatic rings. The van der Waals surface area contributed by atoms with Gasteiger partial charge in [-0.15, -0.1) is 0 Å². The van der Waals surface area contributed by atoms with Crippen molar-refractivity contribution in [3.8, 4) is 17.4 Å². The third-order valence-electron chi connectivity index (χ3n) is 5.33. The van der Waals surface area contributed by atoms with E-state index in [2.05, 4.69) is 21.4 Å². The van der Waals surface area contributed by atoms with E-state index in [0.29, 0.717) is 11.8 Å². The molecule has 0 saturated carbocycles. The number of nitrogens with zero attached hydrogens (tertiary/aromatic N) is 1. The number of pyridine rings is 1. The molecule has 142 valence electrons. The molecule has 2 aromatic carbocycles. The lowest BCUT2D eigenvalue weighted by atomic mass is 9.99. The molecule has 2 N–H and O–H groups in total. The first-order valence-corrected chi connectivity index (χ1v) is 9.83. The van der Waals surface area contributed by atoms with Gasteiger partial charge in [0.25, 0.3) is 0 Å². The van der Waals surface area contributed by atoms with Crippen LogP contribution in [0.1, 0.15) is 12.8 Å². The molecule has 0 radical (unpaired) electrons. The van der Waals surface area contributed by atoms with E-state index in [-0.39, 0.29) is 0 Å². The van der Waals surface area contributed by atoms with Gasteiger partial charge in [-0.2, -0.15) is 0 Å². The van der Waals surface area contributed by atoms with Crippen LogP contribution in [0.2, 0.25) is 0 Å². The molecule has 0 unspecified atom stereocenters. The molecule has 5 heteroatoms. The molecule has 28 heavy (non-hydrogen) atoms. The summed E-state index contributed by atoms with van der Waals surface area (Å²) in [5, 5.41) is 5.58. The number of rotatable bonds is 5. The van der Waals surface area contributed by atoms with E-state index in [1.807, 2.05) is 54.7 Å². The van der Waals surface area contributed by atoms with E-state index < -0.39 is 0 Å². The van der Waals surface area contributed by atoms with Gasteiger partial charge in [0.15, 0.2) is 0 Å². The predicted octanol–water partition coefficient (Wildman–Crippen LogP) is 4.89. The highest BCUT2D eigenvalue weighted by atomic mass is 16.5. The molecule has 0 atom stereocenters. The fraction of sp³-hybridized carbons (Fsp3) is 0.261. The number of aromatic amines is 1. The predicted molar refractivity (Wildman–Crippen MR) is 111 cm³/mol. The maximum Gasteiger partial charge on any atom is 0.219 e. The Morgan fingerprint density at radius 1 is 0.893 bits per heavy atom. The monoisotopic (exact) mass is 373 g/mol. The molecule has 0 bridgehead atoms. The highest BCUT2D eigenvalue weighted by Crippen LogP contribution is 2.27. The van der Waals surface area contributed by atoms with E-state index in [1.54, 1.807) is 0 Å². The highest BCUT2D eigenvalue weighted by molar-refractivity contribution is 5.82. The minimum Gasteiger partial charge on any atom is -0.493 e. The summed E-state index contributed by atoms with van der Waals surface area (Å²) in [6.07, 6.45) is 4.28. The van der Waals surface area contributed by atoms with Crippen LogP contribution in [-0.2, 0) is 0 Å². The molecule has 0 amide bonds. The number of nitrogens with one attached hydrogen (secondary N) is 2. The molecular weight excluding hydrogens is 350 g/mol. The van der Waals surface area contributed by atoms with Crippen molar-refractivity contribution in [3.63, 3.8) is 0 Å². The van der Waals surface area contributed by atoms with Crippen LogP contribution in [0, 0.1) is 5.92 Å². The molecule has 3 heterocycles. The molecule has 0 aliphatic carbocycles. The minimum absolute atomic E-state index is 0.581. The molecule has 4 aromatic rings.